The fraction of sp³-hybridized carbons (Fsp3) is 0.429. The van der Waals surface area contributed by atoms with Gasteiger partial charge >= 0.3 is 5.69 Å². The Morgan fingerprint density at radius 1 is 1.29 bits per heavy atom. The largest absolute Gasteiger partial charge is 0.348 e. The molecule has 1 unspecified atom stereocenters. The lowest BCUT2D eigenvalue weighted by molar-refractivity contribution is 0.0940. The number of nitrogens with zero attached hydrogens (tertiary/aromatic N) is 3. The predicted octanol–water partition coefficient (Wildman–Crippen LogP) is -0.432. The molecule has 1 saturated heterocycles. The molecule has 132 valence electrons. The predicted molar refractivity (Wildman–Crippen MR) is 95.5 cm³/mol. The molecular formula is C14H19Cl2N5O3. The van der Waals surface area contributed by atoms with Gasteiger partial charge in [-0.2, -0.15) is 0 Å². The first-order chi connectivity index (χ1) is 10.5. The van der Waals surface area contributed by atoms with Crippen LogP contribution in [0.3, 0.4) is 0 Å². The van der Waals surface area contributed by atoms with Crippen molar-refractivity contribution in [3.05, 3.63) is 38.7 Å². The number of hydrogen-bond donors (Lipinski definition) is 2. The third-order valence-electron chi connectivity index (χ3n) is 3.95. The maximum absolute atomic E-state index is 12.2. The van der Waals surface area contributed by atoms with E-state index in [-0.39, 0.29) is 47.8 Å². The van der Waals surface area contributed by atoms with Crippen molar-refractivity contribution in [2.75, 3.05) is 13.1 Å². The van der Waals surface area contributed by atoms with E-state index in [1.165, 1.54) is 23.9 Å². The van der Waals surface area contributed by atoms with Crippen LogP contribution in [0.1, 0.15) is 16.8 Å². The molecule has 1 amide bonds. The van der Waals surface area contributed by atoms with Crippen LogP contribution >= 0.6 is 24.8 Å². The summed E-state index contributed by atoms with van der Waals surface area (Å²) in [5, 5.41) is 6.32. The lowest BCUT2D eigenvalue weighted by atomic mass is 10.2. The first-order valence-corrected chi connectivity index (χ1v) is 7.06. The van der Waals surface area contributed by atoms with E-state index in [0.29, 0.717) is 5.56 Å². The van der Waals surface area contributed by atoms with Gasteiger partial charge in [0.25, 0.3) is 11.5 Å². The highest BCUT2D eigenvalue weighted by Gasteiger charge is 2.19. The molecule has 1 aliphatic heterocycles. The molecule has 2 N–H and O–H groups in total. The molecule has 0 saturated carbocycles. The van der Waals surface area contributed by atoms with Crippen LogP contribution < -0.4 is 21.9 Å². The van der Waals surface area contributed by atoms with Gasteiger partial charge in [0.15, 0.2) is 0 Å². The number of amides is 1. The molecule has 2 aromatic rings. The van der Waals surface area contributed by atoms with Crippen LogP contribution in [0.25, 0.3) is 11.0 Å². The van der Waals surface area contributed by atoms with Gasteiger partial charge in [-0.25, -0.2) is 9.78 Å². The highest BCUT2D eigenvalue weighted by atomic mass is 35.5. The number of fused-ring (bicyclic) bond motifs is 1. The number of aryl methyl sites for hydroxylation is 1. The summed E-state index contributed by atoms with van der Waals surface area (Å²) >= 11 is 0. The molecule has 0 aliphatic carbocycles. The summed E-state index contributed by atoms with van der Waals surface area (Å²) in [6, 6.07) is 1.58. The number of carbonyl (C=O) groups is 1. The normalized spacial score (nSPS) is 16.3. The van der Waals surface area contributed by atoms with Gasteiger partial charge in [0.1, 0.15) is 5.65 Å². The molecule has 1 fully saturated rings. The van der Waals surface area contributed by atoms with Gasteiger partial charge in [-0.1, -0.05) is 0 Å². The maximum Gasteiger partial charge on any atom is 0.332 e. The molecule has 2 aromatic heterocycles. The Labute approximate surface area is 150 Å². The van der Waals surface area contributed by atoms with Crippen LogP contribution in [0, 0.1) is 0 Å². The summed E-state index contributed by atoms with van der Waals surface area (Å²) in [6.45, 7) is 1.62. The van der Waals surface area contributed by atoms with Crippen LogP contribution in [0.5, 0.6) is 0 Å². The molecule has 3 rings (SSSR count). The SMILES string of the molecule is Cl.Cl.Cn1c(=O)c2cc(C(=O)NC3CCNC3)cnc2n(C)c1=O. The quantitative estimate of drug-likeness (QED) is 0.741. The highest BCUT2D eigenvalue weighted by molar-refractivity contribution is 5.96. The smallest absolute Gasteiger partial charge is 0.332 e. The van der Waals surface area contributed by atoms with Crippen LogP contribution in [-0.4, -0.2) is 39.2 Å². The number of rotatable bonds is 2. The van der Waals surface area contributed by atoms with E-state index < -0.39 is 11.2 Å². The van der Waals surface area contributed by atoms with Crippen molar-refractivity contribution in [3.8, 4) is 0 Å². The van der Waals surface area contributed by atoms with E-state index in [2.05, 4.69) is 15.6 Å². The van der Waals surface area contributed by atoms with E-state index in [1.54, 1.807) is 7.05 Å². The van der Waals surface area contributed by atoms with Crippen molar-refractivity contribution in [2.24, 2.45) is 14.1 Å². The van der Waals surface area contributed by atoms with Gasteiger partial charge in [0.2, 0.25) is 0 Å². The summed E-state index contributed by atoms with van der Waals surface area (Å²) < 4.78 is 2.30. The lowest BCUT2D eigenvalue weighted by Gasteiger charge is -2.12. The zero-order valence-corrected chi connectivity index (χ0v) is 14.9. The molecule has 1 atom stereocenters. The summed E-state index contributed by atoms with van der Waals surface area (Å²) in [7, 11) is 2.95. The summed E-state index contributed by atoms with van der Waals surface area (Å²) in [6.07, 6.45) is 2.27. The van der Waals surface area contributed by atoms with Crippen molar-refractivity contribution in [1.29, 1.82) is 0 Å². The van der Waals surface area contributed by atoms with Crippen LogP contribution in [0.2, 0.25) is 0 Å². The topological polar surface area (TPSA) is 98.0 Å². The van der Waals surface area contributed by atoms with E-state index in [4.69, 9.17) is 0 Å². The van der Waals surface area contributed by atoms with E-state index in [1.807, 2.05) is 0 Å². The highest BCUT2D eigenvalue weighted by Crippen LogP contribution is 2.08. The second-order valence-corrected chi connectivity index (χ2v) is 5.46. The van der Waals surface area contributed by atoms with E-state index in [9.17, 15) is 14.4 Å². The molecule has 1 aliphatic rings. The van der Waals surface area contributed by atoms with Gasteiger partial charge in [-0.15, -0.1) is 24.8 Å². The fourth-order valence-electron chi connectivity index (χ4n) is 2.64. The molecule has 3 heterocycles. The van der Waals surface area contributed by atoms with Gasteiger partial charge in [-0.05, 0) is 19.0 Å². The Morgan fingerprint density at radius 3 is 2.62 bits per heavy atom. The molecular weight excluding hydrogens is 357 g/mol. The number of nitrogens with one attached hydrogen (secondary N) is 2. The van der Waals surface area contributed by atoms with E-state index in [0.717, 1.165) is 24.1 Å². The Kier molecular flexibility index (Phi) is 6.53. The van der Waals surface area contributed by atoms with Crippen molar-refractivity contribution < 1.29 is 4.79 Å². The Balaban J connectivity index is 0.00000144. The van der Waals surface area contributed by atoms with E-state index >= 15 is 0 Å². The monoisotopic (exact) mass is 375 g/mol. The summed E-state index contributed by atoms with van der Waals surface area (Å²) in [5.74, 6) is -0.265. The molecule has 0 aromatic carbocycles. The van der Waals surface area contributed by atoms with Crippen molar-refractivity contribution in [1.82, 2.24) is 24.8 Å². The maximum atomic E-state index is 12.2. The third-order valence-corrected chi connectivity index (χ3v) is 3.95. The minimum absolute atomic E-state index is 0. The molecule has 0 radical (unpaired) electrons. The van der Waals surface area contributed by atoms with Crippen molar-refractivity contribution in [3.63, 3.8) is 0 Å². The lowest BCUT2D eigenvalue weighted by Crippen LogP contribution is -2.38. The average molecular weight is 376 g/mol. The molecule has 0 spiro atoms. The standard InChI is InChI=1S/C14H17N5O3.2ClH/c1-18-11-10(13(21)19(2)14(18)22)5-8(6-16-11)12(20)17-9-3-4-15-7-9;;/h5-6,9,15H,3-4,7H2,1-2H3,(H,17,20);2*1H. The van der Waals surface area contributed by atoms with Gasteiger partial charge in [0.05, 0.1) is 10.9 Å². The number of pyridine rings is 1. The Hall–Kier alpha value is -1.90. The first-order valence-electron chi connectivity index (χ1n) is 7.06. The zero-order valence-electron chi connectivity index (χ0n) is 13.2. The minimum atomic E-state index is -0.456. The number of hydrogen-bond acceptors (Lipinski definition) is 5. The second-order valence-electron chi connectivity index (χ2n) is 5.46. The van der Waals surface area contributed by atoms with Gasteiger partial charge < -0.3 is 10.6 Å². The molecule has 24 heavy (non-hydrogen) atoms. The van der Waals surface area contributed by atoms with Gasteiger partial charge in [-0.3, -0.25) is 18.7 Å². The summed E-state index contributed by atoms with van der Waals surface area (Å²) in [4.78, 5) is 40.4. The average Bonchev–Trinajstić information content (AvgIpc) is 3.03. The summed E-state index contributed by atoms with van der Waals surface area (Å²) in [5.41, 5.74) is -0.315. The third kappa shape index (κ3) is 3.45. The Morgan fingerprint density at radius 2 is 2.00 bits per heavy atom. The number of carbonyl (C=O) groups excluding carboxylic acids is 1. The van der Waals surface area contributed by atoms with Crippen LogP contribution in [0.15, 0.2) is 21.9 Å². The Bertz CT molecular complexity index is 871. The second kappa shape index (κ2) is 7.78. The molecule has 8 nitrogen and oxygen atoms in total. The van der Waals surface area contributed by atoms with Crippen molar-refractivity contribution in [2.45, 2.75) is 12.5 Å². The number of halogens is 2. The van der Waals surface area contributed by atoms with Crippen molar-refractivity contribution >= 4 is 41.8 Å². The van der Waals surface area contributed by atoms with Crippen LogP contribution in [0.4, 0.5) is 0 Å². The zero-order chi connectivity index (χ0) is 15.9. The van der Waals surface area contributed by atoms with Gasteiger partial charge in [0, 0.05) is 32.9 Å². The number of aromatic nitrogens is 3. The molecule has 10 heteroatoms. The van der Waals surface area contributed by atoms with Crippen LogP contribution in [-0.2, 0) is 14.1 Å². The first kappa shape index (κ1) is 20.1. The minimum Gasteiger partial charge on any atom is -0.348 e. The molecule has 0 bridgehead atoms. The fourth-order valence-corrected chi connectivity index (χ4v) is 2.64.